The molecule has 2 aliphatic rings. The molecule has 3 heteroatoms. The maximum absolute atomic E-state index is 10.9. The number of aliphatic hydroxyl groups is 1. The van der Waals surface area contributed by atoms with Gasteiger partial charge in [0.25, 0.3) is 0 Å². The van der Waals surface area contributed by atoms with Crippen molar-refractivity contribution in [3.8, 4) is 11.5 Å². The highest BCUT2D eigenvalue weighted by atomic mass is 16.5. The lowest BCUT2D eigenvalue weighted by Crippen LogP contribution is -2.52. The molecule has 0 bridgehead atoms. The van der Waals surface area contributed by atoms with Crippen LogP contribution in [0.4, 0.5) is 0 Å². The van der Waals surface area contributed by atoms with Gasteiger partial charge in [0.15, 0.2) is 11.5 Å². The van der Waals surface area contributed by atoms with Crippen molar-refractivity contribution in [1.29, 1.82) is 0 Å². The summed E-state index contributed by atoms with van der Waals surface area (Å²) in [6.07, 6.45) is 5.22. The molecule has 0 unspecified atom stereocenters. The van der Waals surface area contributed by atoms with Gasteiger partial charge < -0.3 is 14.6 Å². The minimum Gasteiger partial charge on any atom is -0.493 e. The van der Waals surface area contributed by atoms with Crippen molar-refractivity contribution in [2.45, 2.75) is 18.9 Å². The van der Waals surface area contributed by atoms with E-state index in [9.17, 15) is 5.11 Å². The number of hydrogen-bond acceptors (Lipinski definition) is 3. The predicted molar refractivity (Wildman–Crippen MR) is 69.7 cm³/mol. The molecule has 3 atom stereocenters. The molecule has 0 aromatic heterocycles. The highest BCUT2D eigenvalue weighted by Crippen LogP contribution is 2.56. The Morgan fingerprint density at radius 3 is 2.50 bits per heavy atom. The summed E-state index contributed by atoms with van der Waals surface area (Å²) in [7, 11) is 3.24. The fourth-order valence-electron chi connectivity index (χ4n) is 3.23. The minimum atomic E-state index is -0.733. The molecule has 1 fully saturated rings. The van der Waals surface area contributed by atoms with Crippen LogP contribution in [-0.2, 0) is 5.60 Å². The van der Waals surface area contributed by atoms with Crippen LogP contribution in [0.5, 0.6) is 11.5 Å². The molecule has 0 amide bonds. The second kappa shape index (κ2) is 3.75. The van der Waals surface area contributed by atoms with Crippen molar-refractivity contribution in [2.24, 2.45) is 11.8 Å². The highest BCUT2D eigenvalue weighted by molar-refractivity contribution is 5.65. The van der Waals surface area contributed by atoms with Crippen LogP contribution in [0.2, 0.25) is 0 Å². The zero-order chi connectivity index (χ0) is 12.9. The number of methoxy groups -OCH3 is 2. The normalized spacial score (nSPS) is 32.2. The van der Waals surface area contributed by atoms with Gasteiger partial charge >= 0.3 is 0 Å². The van der Waals surface area contributed by atoms with Gasteiger partial charge in [0.2, 0.25) is 0 Å². The van der Waals surface area contributed by atoms with Crippen molar-refractivity contribution >= 4 is 6.08 Å². The first-order valence-corrected chi connectivity index (χ1v) is 6.28. The lowest BCUT2D eigenvalue weighted by atomic mass is 9.56. The molecule has 3 rings (SSSR count). The van der Waals surface area contributed by atoms with Crippen LogP contribution in [0, 0.1) is 11.8 Å². The van der Waals surface area contributed by atoms with E-state index in [1.165, 1.54) is 0 Å². The van der Waals surface area contributed by atoms with Crippen LogP contribution in [-0.4, -0.2) is 19.3 Å². The SMILES string of the molecule is COc1cc2c(cc1OC)[C@]1(O)[C@@H](C)C[C@@H]1C=C2. The summed E-state index contributed by atoms with van der Waals surface area (Å²) in [6, 6.07) is 3.85. The highest BCUT2D eigenvalue weighted by Gasteiger charge is 2.53. The lowest BCUT2D eigenvalue weighted by Gasteiger charge is -2.52. The summed E-state index contributed by atoms with van der Waals surface area (Å²) >= 11 is 0. The van der Waals surface area contributed by atoms with Crippen molar-refractivity contribution < 1.29 is 14.6 Å². The molecule has 1 aromatic rings. The van der Waals surface area contributed by atoms with Gasteiger partial charge in [-0.1, -0.05) is 19.1 Å². The third-order valence-corrected chi connectivity index (χ3v) is 4.42. The van der Waals surface area contributed by atoms with E-state index >= 15 is 0 Å². The van der Waals surface area contributed by atoms with E-state index in [1.807, 2.05) is 12.1 Å². The van der Waals surface area contributed by atoms with Crippen LogP contribution in [0.1, 0.15) is 24.5 Å². The van der Waals surface area contributed by atoms with Gasteiger partial charge in [0.1, 0.15) is 0 Å². The molecule has 3 nitrogen and oxygen atoms in total. The summed E-state index contributed by atoms with van der Waals surface area (Å²) in [5.41, 5.74) is 1.26. The Bertz CT molecular complexity index is 521. The monoisotopic (exact) mass is 246 g/mol. The largest absolute Gasteiger partial charge is 0.493 e. The summed E-state index contributed by atoms with van der Waals surface area (Å²) in [6.45, 7) is 2.09. The third-order valence-electron chi connectivity index (χ3n) is 4.42. The molecule has 0 aliphatic heterocycles. The first kappa shape index (κ1) is 11.6. The molecule has 0 heterocycles. The average Bonchev–Trinajstić information content (AvgIpc) is 2.40. The summed E-state index contributed by atoms with van der Waals surface area (Å²) in [5.74, 6) is 1.90. The quantitative estimate of drug-likeness (QED) is 0.871. The Morgan fingerprint density at radius 2 is 1.89 bits per heavy atom. The Hall–Kier alpha value is -1.48. The van der Waals surface area contributed by atoms with E-state index in [0.717, 1.165) is 17.5 Å². The van der Waals surface area contributed by atoms with Crippen molar-refractivity contribution in [2.75, 3.05) is 14.2 Å². The van der Waals surface area contributed by atoms with Gasteiger partial charge in [-0.3, -0.25) is 0 Å². The Balaban J connectivity index is 2.18. The first-order valence-electron chi connectivity index (χ1n) is 6.28. The third kappa shape index (κ3) is 1.28. The maximum atomic E-state index is 10.9. The van der Waals surface area contributed by atoms with Gasteiger partial charge in [-0.2, -0.15) is 0 Å². The van der Waals surface area contributed by atoms with Crippen LogP contribution < -0.4 is 9.47 Å². The minimum absolute atomic E-state index is 0.234. The van der Waals surface area contributed by atoms with Crippen LogP contribution in [0.15, 0.2) is 18.2 Å². The molecule has 1 saturated carbocycles. The van der Waals surface area contributed by atoms with Crippen molar-refractivity contribution in [1.82, 2.24) is 0 Å². The lowest BCUT2D eigenvalue weighted by molar-refractivity contribution is -0.134. The first-order chi connectivity index (χ1) is 8.61. The molecule has 1 aromatic carbocycles. The van der Waals surface area contributed by atoms with E-state index in [0.29, 0.717) is 11.5 Å². The fourth-order valence-corrected chi connectivity index (χ4v) is 3.23. The molecule has 96 valence electrons. The molecule has 1 N–H and O–H groups in total. The second-order valence-electron chi connectivity index (χ2n) is 5.22. The van der Waals surface area contributed by atoms with Gasteiger partial charge in [-0.05, 0) is 35.6 Å². The standard InChI is InChI=1S/C15H18O3/c1-9-6-11-5-4-10-7-13(17-2)14(18-3)8-12(10)15(9,11)16/h4-5,7-9,11,16H,6H2,1-3H3/t9-,11-,15-/m0/s1. The summed E-state index contributed by atoms with van der Waals surface area (Å²) in [4.78, 5) is 0. The van der Waals surface area contributed by atoms with Crippen LogP contribution in [0.3, 0.4) is 0 Å². The Kier molecular flexibility index (Phi) is 2.42. The fraction of sp³-hybridized carbons (Fsp3) is 0.467. The molecular weight excluding hydrogens is 228 g/mol. The van der Waals surface area contributed by atoms with Gasteiger partial charge in [0, 0.05) is 5.92 Å². The molecule has 2 aliphatic carbocycles. The summed E-state index contributed by atoms with van der Waals surface area (Å²) < 4.78 is 10.6. The van der Waals surface area contributed by atoms with Crippen molar-refractivity contribution in [3.63, 3.8) is 0 Å². The Labute approximate surface area is 107 Å². The average molecular weight is 246 g/mol. The molecule has 0 spiro atoms. The van der Waals surface area contributed by atoms with E-state index in [2.05, 4.69) is 19.1 Å². The number of rotatable bonds is 2. The van der Waals surface area contributed by atoms with E-state index in [-0.39, 0.29) is 11.8 Å². The molecule has 0 radical (unpaired) electrons. The summed E-state index contributed by atoms with van der Waals surface area (Å²) in [5, 5.41) is 10.9. The molecule has 0 saturated heterocycles. The number of ether oxygens (including phenoxy) is 2. The van der Waals surface area contributed by atoms with E-state index < -0.39 is 5.60 Å². The van der Waals surface area contributed by atoms with Gasteiger partial charge in [-0.25, -0.2) is 0 Å². The number of hydrogen-bond donors (Lipinski definition) is 1. The Morgan fingerprint density at radius 1 is 1.22 bits per heavy atom. The zero-order valence-electron chi connectivity index (χ0n) is 10.9. The zero-order valence-corrected chi connectivity index (χ0v) is 10.9. The topological polar surface area (TPSA) is 38.7 Å². The number of fused-ring (bicyclic) bond motifs is 3. The van der Waals surface area contributed by atoms with Gasteiger partial charge in [-0.15, -0.1) is 0 Å². The molecule has 18 heavy (non-hydrogen) atoms. The van der Waals surface area contributed by atoms with Crippen LogP contribution >= 0.6 is 0 Å². The predicted octanol–water partition coefficient (Wildman–Crippen LogP) is 2.57. The maximum Gasteiger partial charge on any atom is 0.161 e. The van der Waals surface area contributed by atoms with E-state index in [1.54, 1.807) is 14.2 Å². The number of benzene rings is 1. The van der Waals surface area contributed by atoms with E-state index in [4.69, 9.17) is 9.47 Å². The van der Waals surface area contributed by atoms with Crippen molar-refractivity contribution in [3.05, 3.63) is 29.3 Å². The van der Waals surface area contributed by atoms with Crippen LogP contribution in [0.25, 0.3) is 6.08 Å². The smallest absolute Gasteiger partial charge is 0.161 e. The second-order valence-corrected chi connectivity index (χ2v) is 5.22. The molecular formula is C15H18O3. The van der Waals surface area contributed by atoms with Gasteiger partial charge in [0.05, 0.1) is 19.8 Å².